The largest absolute Gasteiger partial charge is 0.367 e. The molecule has 1 aromatic heterocycles. The van der Waals surface area contributed by atoms with E-state index in [1.807, 2.05) is 6.20 Å². The molecule has 3 rings (SSSR count). The summed E-state index contributed by atoms with van der Waals surface area (Å²) in [7, 11) is 0. The minimum Gasteiger partial charge on any atom is -0.367 e. The highest BCUT2D eigenvalue weighted by molar-refractivity contribution is 5.49. The molecule has 0 atom stereocenters. The molecular weight excluding hydrogens is 258 g/mol. The van der Waals surface area contributed by atoms with E-state index in [1.54, 1.807) is 0 Å². The van der Waals surface area contributed by atoms with Crippen molar-refractivity contribution in [2.75, 3.05) is 11.4 Å². The number of benzene rings is 1. The molecule has 21 heavy (non-hydrogen) atoms. The Bertz CT molecular complexity index is 607. The highest BCUT2D eigenvalue weighted by Gasteiger charge is 2.16. The van der Waals surface area contributed by atoms with Gasteiger partial charge in [-0.05, 0) is 29.7 Å². The van der Waals surface area contributed by atoms with Crippen LogP contribution in [0.15, 0.2) is 42.6 Å². The molecule has 1 N–H and O–H groups in total. The fourth-order valence-electron chi connectivity index (χ4n) is 2.78. The van der Waals surface area contributed by atoms with Gasteiger partial charge in [0.15, 0.2) is 0 Å². The maximum atomic E-state index is 4.46. The normalized spacial score (nSPS) is 14.3. The average molecular weight is 281 g/mol. The van der Waals surface area contributed by atoms with Crippen LogP contribution in [-0.2, 0) is 19.5 Å². The van der Waals surface area contributed by atoms with Gasteiger partial charge in [-0.3, -0.25) is 4.98 Å². The van der Waals surface area contributed by atoms with Gasteiger partial charge >= 0.3 is 0 Å². The standard InChI is InChI=1S/C18H23N3/c1-14(2)20-12-17-11-18(7-9-19-17)21-10-8-15-5-3-4-6-16(15)13-21/h3-7,9,11,14,20H,8,10,12-13H2,1-2H3. The van der Waals surface area contributed by atoms with E-state index in [0.717, 1.165) is 31.7 Å². The third kappa shape index (κ3) is 3.42. The number of pyridine rings is 1. The third-order valence-corrected chi connectivity index (χ3v) is 3.99. The lowest BCUT2D eigenvalue weighted by Crippen LogP contribution is -2.30. The molecule has 0 amide bonds. The second kappa shape index (κ2) is 6.27. The second-order valence-corrected chi connectivity index (χ2v) is 5.98. The van der Waals surface area contributed by atoms with Gasteiger partial charge in [-0.2, -0.15) is 0 Å². The van der Waals surface area contributed by atoms with Crippen molar-refractivity contribution in [2.45, 2.75) is 39.4 Å². The zero-order valence-electron chi connectivity index (χ0n) is 12.8. The number of rotatable bonds is 4. The van der Waals surface area contributed by atoms with Gasteiger partial charge in [0.2, 0.25) is 0 Å². The molecule has 2 aromatic rings. The van der Waals surface area contributed by atoms with Crippen molar-refractivity contribution in [3.63, 3.8) is 0 Å². The first-order valence-electron chi connectivity index (χ1n) is 7.72. The Labute approximate surface area is 127 Å². The molecular formula is C18H23N3. The first kappa shape index (κ1) is 14.1. The van der Waals surface area contributed by atoms with Crippen molar-refractivity contribution in [2.24, 2.45) is 0 Å². The van der Waals surface area contributed by atoms with Crippen molar-refractivity contribution in [3.8, 4) is 0 Å². The maximum absolute atomic E-state index is 4.46. The molecule has 3 nitrogen and oxygen atoms in total. The summed E-state index contributed by atoms with van der Waals surface area (Å²) in [5.74, 6) is 0. The molecule has 0 saturated carbocycles. The van der Waals surface area contributed by atoms with Gasteiger partial charge in [-0.15, -0.1) is 0 Å². The van der Waals surface area contributed by atoms with Crippen molar-refractivity contribution < 1.29 is 0 Å². The first-order chi connectivity index (χ1) is 10.2. The van der Waals surface area contributed by atoms with Crippen LogP contribution in [0.5, 0.6) is 0 Å². The average Bonchev–Trinajstić information content (AvgIpc) is 2.53. The van der Waals surface area contributed by atoms with Crippen LogP contribution < -0.4 is 10.2 Å². The fraction of sp³-hybridized carbons (Fsp3) is 0.389. The Balaban J connectivity index is 1.74. The molecule has 110 valence electrons. The number of nitrogens with one attached hydrogen (secondary N) is 1. The molecule has 2 heterocycles. The summed E-state index contributed by atoms with van der Waals surface area (Å²) >= 11 is 0. The number of nitrogens with zero attached hydrogens (tertiary/aromatic N) is 2. The molecule has 1 aliphatic heterocycles. The van der Waals surface area contributed by atoms with Crippen LogP contribution in [0, 0.1) is 0 Å². The third-order valence-electron chi connectivity index (χ3n) is 3.99. The van der Waals surface area contributed by atoms with E-state index in [-0.39, 0.29) is 0 Å². The highest BCUT2D eigenvalue weighted by Crippen LogP contribution is 2.24. The Morgan fingerprint density at radius 1 is 1.19 bits per heavy atom. The monoisotopic (exact) mass is 281 g/mol. The SMILES string of the molecule is CC(C)NCc1cc(N2CCc3ccccc3C2)ccn1. The molecule has 0 saturated heterocycles. The Hall–Kier alpha value is -1.87. The van der Waals surface area contributed by atoms with Gasteiger partial charge in [0.25, 0.3) is 0 Å². The van der Waals surface area contributed by atoms with Gasteiger partial charge in [0.1, 0.15) is 0 Å². The van der Waals surface area contributed by atoms with Crippen LogP contribution in [0.25, 0.3) is 0 Å². The lowest BCUT2D eigenvalue weighted by Gasteiger charge is -2.31. The van der Waals surface area contributed by atoms with Gasteiger partial charge in [-0.25, -0.2) is 0 Å². The van der Waals surface area contributed by atoms with Crippen LogP contribution >= 0.6 is 0 Å². The van der Waals surface area contributed by atoms with Crippen LogP contribution in [-0.4, -0.2) is 17.6 Å². The van der Waals surface area contributed by atoms with Crippen molar-refractivity contribution in [3.05, 3.63) is 59.4 Å². The lowest BCUT2D eigenvalue weighted by molar-refractivity contribution is 0.581. The van der Waals surface area contributed by atoms with Crippen LogP contribution in [0.1, 0.15) is 30.7 Å². The molecule has 0 bridgehead atoms. The number of hydrogen-bond donors (Lipinski definition) is 1. The van der Waals surface area contributed by atoms with Crippen molar-refractivity contribution in [1.29, 1.82) is 0 Å². The van der Waals surface area contributed by atoms with Gasteiger partial charge in [-0.1, -0.05) is 38.1 Å². The maximum Gasteiger partial charge on any atom is 0.0562 e. The fourth-order valence-corrected chi connectivity index (χ4v) is 2.78. The molecule has 0 unspecified atom stereocenters. The topological polar surface area (TPSA) is 28.2 Å². The number of hydrogen-bond acceptors (Lipinski definition) is 3. The number of anilines is 1. The van der Waals surface area contributed by atoms with Crippen LogP contribution in [0.4, 0.5) is 5.69 Å². The smallest absolute Gasteiger partial charge is 0.0562 e. The first-order valence-corrected chi connectivity index (χ1v) is 7.72. The minimum atomic E-state index is 0.484. The van der Waals surface area contributed by atoms with Gasteiger partial charge in [0, 0.05) is 37.6 Å². The summed E-state index contributed by atoms with van der Waals surface area (Å²) < 4.78 is 0. The van der Waals surface area contributed by atoms with Crippen molar-refractivity contribution >= 4 is 5.69 Å². The number of fused-ring (bicyclic) bond motifs is 1. The zero-order valence-corrected chi connectivity index (χ0v) is 12.8. The summed E-state index contributed by atoms with van der Waals surface area (Å²) in [5.41, 5.74) is 5.33. The summed E-state index contributed by atoms with van der Waals surface area (Å²) in [6.45, 7) is 7.22. The summed E-state index contributed by atoms with van der Waals surface area (Å²) in [4.78, 5) is 6.91. The summed E-state index contributed by atoms with van der Waals surface area (Å²) in [6.07, 6.45) is 3.05. The van der Waals surface area contributed by atoms with E-state index in [2.05, 4.69) is 65.4 Å². The van der Waals surface area contributed by atoms with Gasteiger partial charge in [0.05, 0.1) is 5.69 Å². The molecule has 0 spiro atoms. The van der Waals surface area contributed by atoms with Gasteiger partial charge < -0.3 is 10.2 Å². The number of aromatic nitrogens is 1. The Morgan fingerprint density at radius 3 is 2.81 bits per heavy atom. The zero-order chi connectivity index (χ0) is 14.7. The van der Waals surface area contributed by atoms with E-state index in [9.17, 15) is 0 Å². The van der Waals surface area contributed by atoms with Crippen LogP contribution in [0.2, 0.25) is 0 Å². The summed E-state index contributed by atoms with van der Waals surface area (Å²) in [6, 6.07) is 13.6. The quantitative estimate of drug-likeness (QED) is 0.933. The van der Waals surface area contributed by atoms with E-state index < -0.39 is 0 Å². The van der Waals surface area contributed by atoms with E-state index in [1.165, 1.54) is 16.8 Å². The Morgan fingerprint density at radius 2 is 2.00 bits per heavy atom. The Kier molecular flexibility index (Phi) is 4.20. The molecule has 3 heteroatoms. The molecule has 1 aliphatic rings. The predicted octanol–water partition coefficient (Wildman–Crippen LogP) is 3.14. The summed E-state index contributed by atoms with van der Waals surface area (Å²) in [5, 5.41) is 3.43. The molecule has 1 aromatic carbocycles. The second-order valence-electron chi connectivity index (χ2n) is 5.98. The molecule has 0 fully saturated rings. The van der Waals surface area contributed by atoms with E-state index in [4.69, 9.17) is 0 Å². The molecule has 0 radical (unpaired) electrons. The van der Waals surface area contributed by atoms with E-state index in [0.29, 0.717) is 6.04 Å². The van der Waals surface area contributed by atoms with Crippen LogP contribution in [0.3, 0.4) is 0 Å². The minimum absolute atomic E-state index is 0.484. The van der Waals surface area contributed by atoms with Crippen molar-refractivity contribution in [1.82, 2.24) is 10.3 Å². The molecule has 0 aliphatic carbocycles. The van der Waals surface area contributed by atoms with E-state index >= 15 is 0 Å². The lowest BCUT2D eigenvalue weighted by atomic mass is 9.99. The predicted molar refractivity (Wildman–Crippen MR) is 87.4 cm³/mol. The highest BCUT2D eigenvalue weighted by atomic mass is 15.1.